The molecular weight excluding hydrogens is 158 g/mol. The molecule has 1 N–H and O–H groups in total. The number of hydrogen-bond acceptors (Lipinski definition) is 0. The van der Waals surface area contributed by atoms with E-state index in [1.165, 1.54) is 24.1 Å². The normalized spacial score (nSPS) is 15.7. The molecule has 1 aromatic heterocycles. The minimum Gasteiger partial charge on any atom is -0.364 e. The zero-order chi connectivity index (χ0) is 9.84. The van der Waals surface area contributed by atoms with Crippen LogP contribution in [-0.4, -0.2) is 4.98 Å². The zero-order valence-corrected chi connectivity index (χ0v) is 9.15. The van der Waals surface area contributed by atoms with Crippen molar-refractivity contribution < 1.29 is 0 Å². The molecule has 1 rings (SSSR count). The molecular formula is C12H20N. The molecule has 13 heavy (non-hydrogen) atoms. The standard InChI is InChI=1S/C12H20N/c1-5-9(3)11-7-12(13-8-11)10(4)6-2/h8-10,13H,5-6H2,1-4H3. The first-order chi connectivity index (χ1) is 6.19. The van der Waals surface area contributed by atoms with Crippen LogP contribution in [0.25, 0.3) is 0 Å². The lowest BCUT2D eigenvalue weighted by Crippen LogP contribution is -1.91. The lowest BCUT2D eigenvalue weighted by atomic mass is 9.99. The average Bonchev–Trinajstić information content (AvgIpc) is 2.64. The van der Waals surface area contributed by atoms with Gasteiger partial charge in [0.2, 0.25) is 0 Å². The number of H-pyrrole nitrogens is 1. The zero-order valence-electron chi connectivity index (χ0n) is 9.15. The van der Waals surface area contributed by atoms with E-state index in [4.69, 9.17) is 0 Å². The van der Waals surface area contributed by atoms with Gasteiger partial charge in [-0.05, 0) is 30.2 Å². The van der Waals surface area contributed by atoms with Crippen molar-refractivity contribution in [3.8, 4) is 0 Å². The van der Waals surface area contributed by atoms with Crippen molar-refractivity contribution in [2.24, 2.45) is 0 Å². The molecule has 0 amide bonds. The molecule has 0 fully saturated rings. The van der Waals surface area contributed by atoms with E-state index in [0.29, 0.717) is 11.8 Å². The van der Waals surface area contributed by atoms with Crippen LogP contribution in [0.4, 0.5) is 0 Å². The summed E-state index contributed by atoms with van der Waals surface area (Å²) < 4.78 is 0. The second kappa shape index (κ2) is 4.50. The van der Waals surface area contributed by atoms with E-state index in [1.807, 2.05) is 0 Å². The number of aromatic nitrogens is 1. The summed E-state index contributed by atoms with van der Waals surface area (Å²) in [4.78, 5) is 3.32. The first-order valence-electron chi connectivity index (χ1n) is 5.29. The highest BCUT2D eigenvalue weighted by Gasteiger charge is 2.09. The van der Waals surface area contributed by atoms with Crippen LogP contribution in [0.3, 0.4) is 0 Å². The summed E-state index contributed by atoms with van der Waals surface area (Å²) in [6, 6.07) is 3.46. The van der Waals surface area contributed by atoms with Crippen LogP contribution in [0, 0.1) is 6.07 Å². The van der Waals surface area contributed by atoms with Crippen LogP contribution >= 0.6 is 0 Å². The summed E-state index contributed by atoms with van der Waals surface area (Å²) in [5, 5.41) is 0. The first kappa shape index (κ1) is 10.4. The van der Waals surface area contributed by atoms with E-state index in [-0.39, 0.29) is 0 Å². The van der Waals surface area contributed by atoms with Gasteiger partial charge >= 0.3 is 0 Å². The molecule has 0 aliphatic carbocycles. The maximum Gasteiger partial charge on any atom is 0.0259 e. The van der Waals surface area contributed by atoms with E-state index in [1.54, 1.807) is 0 Å². The molecule has 0 bridgehead atoms. The Morgan fingerprint density at radius 3 is 2.38 bits per heavy atom. The van der Waals surface area contributed by atoms with Gasteiger partial charge in [-0.2, -0.15) is 0 Å². The van der Waals surface area contributed by atoms with Crippen LogP contribution in [0.2, 0.25) is 0 Å². The van der Waals surface area contributed by atoms with Crippen LogP contribution in [0.5, 0.6) is 0 Å². The topological polar surface area (TPSA) is 15.8 Å². The fourth-order valence-corrected chi connectivity index (χ4v) is 1.34. The fourth-order valence-electron chi connectivity index (χ4n) is 1.34. The van der Waals surface area contributed by atoms with Crippen LogP contribution in [0.15, 0.2) is 6.20 Å². The predicted molar refractivity (Wildman–Crippen MR) is 57.0 cm³/mol. The Morgan fingerprint density at radius 2 is 1.85 bits per heavy atom. The Hall–Kier alpha value is -0.720. The van der Waals surface area contributed by atoms with E-state index >= 15 is 0 Å². The monoisotopic (exact) mass is 178 g/mol. The summed E-state index contributed by atoms with van der Waals surface area (Å²) in [6.07, 6.45) is 4.47. The van der Waals surface area contributed by atoms with Crippen molar-refractivity contribution in [3.05, 3.63) is 23.5 Å². The molecule has 2 unspecified atom stereocenters. The smallest absolute Gasteiger partial charge is 0.0259 e. The molecule has 0 aliphatic heterocycles. The fraction of sp³-hybridized carbons (Fsp3) is 0.667. The SMILES string of the molecule is CCC(C)c1[c]c(C(C)CC)[nH]c1. The summed E-state index contributed by atoms with van der Waals surface area (Å²) >= 11 is 0. The van der Waals surface area contributed by atoms with Crippen molar-refractivity contribution in [1.29, 1.82) is 0 Å². The van der Waals surface area contributed by atoms with Crippen LogP contribution < -0.4 is 0 Å². The Labute approximate surface area is 81.6 Å². The van der Waals surface area contributed by atoms with Gasteiger partial charge in [0.25, 0.3) is 0 Å². The molecule has 1 nitrogen and oxygen atoms in total. The van der Waals surface area contributed by atoms with Crippen molar-refractivity contribution in [2.75, 3.05) is 0 Å². The van der Waals surface area contributed by atoms with Crippen LogP contribution in [-0.2, 0) is 0 Å². The Kier molecular flexibility index (Phi) is 3.58. The van der Waals surface area contributed by atoms with Gasteiger partial charge in [-0.15, -0.1) is 0 Å². The second-order valence-electron chi connectivity index (χ2n) is 3.90. The van der Waals surface area contributed by atoms with E-state index < -0.39 is 0 Å². The summed E-state index contributed by atoms with van der Waals surface area (Å²) in [7, 11) is 0. The molecule has 0 aromatic carbocycles. The second-order valence-corrected chi connectivity index (χ2v) is 3.90. The van der Waals surface area contributed by atoms with E-state index in [9.17, 15) is 0 Å². The van der Waals surface area contributed by atoms with Gasteiger partial charge in [-0.25, -0.2) is 0 Å². The molecule has 1 radical (unpaired) electrons. The summed E-state index contributed by atoms with van der Waals surface area (Å²) in [5.74, 6) is 1.24. The Bertz CT molecular complexity index is 225. The number of hydrogen-bond donors (Lipinski definition) is 1. The summed E-state index contributed by atoms with van der Waals surface area (Å²) in [6.45, 7) is 8.92. The van der Waals surface area contributed by atoms with Gasteiger partial charge in [-0.3, -0.25) is 0 Å². The molecule has 0 saturated carbocycles. The molecule has 2 atom stereocenters. The lowest BCUT2D eigenvalue weighted by Gasteiger charge is -2.05. The van der Waals surface area contributed by atoms with Crippen molar-refractivity contribution >= 4 is 0 Å². The molecule has 1 heteroatoms. The highest BCUT2D eigenvalue weighted by molar-refractivity contribution is 5.20. The lowest BCUT2D eigenvalue weighted by molar-refractivity contribution is 0.709. The van der Waals surface area contributed by atoms with Gasteiger partial charge in [0.05, 0.1) is 0 Å². The Morgan fingerprint density at radius 1 is 1.23 bits per heavy atom. The summed E-state index contributed by atoms with van der Waals surface area (Å²) in [5.41, 5.74) is 2.59. The quantitative estimate of drug-likeness (QED) is 0.721. The third-order valence-electron chi connectivity index (χ3n) is 2.91. The molecule has 73 valence electrons. The number of rotatable bonds is 4. The Balaban J connectivity index is 2.74. The average molecular weight is 178 g/mol. The van der Waals surface area contributed by atoms with Crippen molar-refractivity contribution in [3.63, 3.8) is 0 Å². The minimum absolute atomic E-state index is 0.609. The number of aromatic amines is 1. The van der Waals surface area contributed by atoms with Gasteiger partial charge in [0.1, 0.15) is 0 Å². The van der Waals surface area contributed by atoms with Crippen molar-refractivity contribution in [2.45, 2.75) is 52.4 Å². The van der Waals surface area contributed by atoms with Gasteiger partial charge in [-0.1, -0.05) is 27.7 Å². The third kappa shape index (κ3) is 2.36. The maximum atomic E-state index is 3.46. The van der Waals surface area contributed by atoms with Gasteiger partial charge < -0.3 is 4.98 Å². The largest absolute Gasteiger partial charge is 0.364 e. The van der Waals surface area contributed by atoms with Gasteiger partial charge in [0.15, 0.2) is 0 Å². The van der Waals surface area contributed by atoms with E-state index in [2.05, 4.69) is 44.9 Å². The van der Waals surface area contributed by atoms with Crippen LogP contribution in [0.1, 0.15) is 63.6 Å². The van der Waals surface area contributed by atoms with Gasteiger partial charge in [0, 0.05) is 18.0 Å². The van der Waals surface area contributed by atoms with E-state index in [0.717, 1.165) is 0 Å². The molecule has 0 saturated heterocycles. The maximum absolute atomic E-state index is 3.46. The molecule has 0 spiro atoms. The number of nitrogens with one attached hydrogen (secondary N) is 1. The highest BCUT2D eigenvalue weighted by Crippen LogP contribution is 2.23. The predicted octanol–water partition coefficient (Wildman–Crippen LogP) is 3.84. The first-order valence-corrected chi connectivity index (χ1v) is 5.29. The minimum atomic E-state index is 0.609. The molecule has 0 aliphatic rings. The molecule has 1 heterocycles. The van der Waals surface area contributed by atoms with Crippen molar-refractivity contribution in [1.82, 2.24) is 4.98 Å². The highest BCUT2D eigenvalue weighted by atomic mass is 14.7. The third-order valence-corrected chi connectivity index (χ3v) is 2.91. The molecule has 1 aromatic rings.